The zero-order chi connectivity index (χ0) is 26.4. The fraction of sp³-hybridized carbons (Fsp3) is 0.742. The highest BCUT2D eigenvalue weighted by Gasteiger charge is 2.40. The molecule has 0 saturated carbocycles. The normalized spacial score (nSPS) is 20.1. The summed E-state index contributed by atoms with van der Waals surface area (Å²) in [5.74, 6) is 6.17. The van der Waals surface area contributed by atoms with Gasteiger partial charge >= 0.3 is 0 Å². The van der Waals surface area contributed by atoms with Crippen LogP contribution in [0.15, 0.2) is 30.3 Å². The molecule has 0 radical (unpaired) electrons. The number of ether oxygens (including phenoxy) is 2. The van der Waals surface area contributed by atoms with Crippen LogP contribution < -0.4 is 0 Å². The third-order valence-corrected chi connectivity index (χ3v) is 12.1. The molecule has 204 valence electrons. The van der Waals surface area contributed by atoms with Gasteiger partial charge in [0.25, 0.3) is 0 Å². The molecule has 1 heterocycles. The molecule has 0 aliphatic carbocycles. The highest BCUT2D eigenvalue weighted by Crippen LogP contribution is 2.38. The van der Waals surface area contributed by atoms with Crippen molar-refractivity contribution in [2.45, 2.75) is 141 Å². The molecule has 1 fully saturated rings. The van der Waals surface area contributed by atoms with E-state index >= 15 is 0 Å². The first-order valence-corrected chi connectivity index (χ1v) is 17.2. The predicted octanol–water partition coefficient (Wildman–Crippen LogP) is 8.17. The van der Waals surface area contributed by atoms with Gasteiger partial charge in [-0.1, -0.05) is 134 Å². The minimum absolute atomic E-state index is 0.0848. The van der Waals surface area contributed by atoms with E-state index in [2.05, 4.69) is 52.6 Å². The van der Waals surface area contributed by atoms with Gasteiger partial charge in [0.1, 0.15) is 12.2 Å². The van der Waals surface area contributed by atoms with Crippen LogP contribution in [0, 0.1) is 11.8 Å². The van der Waals surface area contributed by atoms with Gasteiger partial charge in [0.15, 0.2) is 14.6 Å². The molecule has 4 atom stereocenters. The third kappa shape index (κ3) is 11.1. The SMILES string of the molecule is CCCCCCCCCCCC[C@@H](O[Si](C)(C)C(C)(C)C)[C@@H](O)C#C[C@H]1COC(c2ccccc2)O1. The van der Waals surface area contributed by atoms with Gasteiger partial charge in [-0.3, -0.25) is 0 Å². The van der Waals surface area contributed by atoms with Crippen molar-refractivity contribution >= 4 is 8.32 Å². The lowest BCUT2D eigenvalue weighted by Gasteiger charge is -2.40. The molecular weight excluding hydrogens is 464 g/mol. The van der Waals surface area contributed by atoms with Crippen LogP contribution in [0.4, 0.5) is 0 Å². The average molecular weight is 517 g/mol. The third-order valence-electron chi connectivity index (χ3n) is 7.60. The van der Waals surface area contributed by atoms with Crippen LogP contribution in [0.25, 0.3) is 0 Å². The monoisotopic (exact) mass is 516 g/mol. The Balaban J connectivity index is 1.85. The highest BCUT2D eigenvalue weighted by molar-refractivity contribution is 6.74. The molecule has 1 N–H and O–H groups in total. The molecule has 1 aliphatic rings. The van der Waals surface area contributed by atoms with Crippen LogP contribution in [-0.4, -0.2) is 38.3 Å². The molecule has 1 saturated heterocycles. The molecule has 36 heavy (non-hydrogen) atoms. The summed E-state index contributed by atoms with van der Waals surface area (Å²) in [7, 11) is -2.03. The van der Waals surface area contributed by atoms with Crippen molar-refractivity contribution < 1.29 is 19.0 Å². The maximum absolute atomic E-state index is 11.1. The predicted molar refractivity (Wildman–Crippen MR) is 152 cm³/mol. The molecular formula is C31H52O4Si. The Morgan fingerprint density at radius 3 is 2.14 bits per heavy atom. The van der Waals surface area contributed by atoms with Crippen LogP contribution in [0.1, 0.15) is 110 Å². The van der Waals surface area contributed by atoms with E-state index in [-0.39, 0.29) is 17.2 Å². The summed E-state index contributed by atoms with van der Waals surface area (Å²) in [6, 6.07) is 9.90. The summed E-state index contributed by atoms with van der Waals surface area (Å²) in [6.07, 6.45) is 12.0. The van der Waals surface area contributed by atoms with Crippen LogP contribution in [0.3, 0.4) is 0 Å². The van der Waals surface area contributed by atoms with E-state index in [0.29, 0.717) is 6.61 Å². The van der Waals surface area contributed by atoms with Crippen LogP contribution in [0.5, 0.6) is 0 Å². The molecule has 0 bridgehead atoms. The minimum atomic E-state index is -2.03. The quantitative estimate of drug-likeness (QED) is 0.145. The second-order valence-corrected chi connectivity index (χ2v) is 16.6. The molecule has 0 amide bonds. The van der Waals surface area contributed by atoms with Crippen molar-refractivity contribution in [1.82, 2.24) is 0 Å². The molecule has 4 nitrogen and oxygen atoms in total. The number of hydrogen-bond donors (Lipinski definition) is 1. The molecule has 0 spiro atoms. The molecule has 5 heteroatoms. The summed E-state index contributed by atoms with van der Waals surface area (Å²) in [5, 5.41) is 11.1. The molecule has 1 aliphatic heterocycles. The van der Waals surface area contributed by atoms with Crippen molar-refractivity contribution in [3.8, 4) is 11.8 Å². The Hall–Kier alpha value is -1.16. The van der Waals surface area contributed by atoms with Gasteiger partial charge < -0.3 is 19.0 Å². The first-order valence-electron chi connectivity index (χ1n) is 14.3. The van der Waals surface area contributed by atoms with Crippen molar-refractivity contribution in [3.05, 3.63) is 35.9 Å². The number of rotatable bonds is 15. The summed E-state index contributed by atoms with van der Waals surface area (Å²) in [6.45, 7) is 13.9. The van der Waals surface area contributed by atoms with Gasteiger partial charge in [-0.05, 0) is 24.6 Å². The Morgan fingerprint density at radius 1 is 0.972 bits per heavy atom. The number of hydrogen-bond acceptors (Lipinski definition) is 4. The van der Waals surface area contributed by atoms with E-state index in [0.717, 1.165) is 18.4 Å². The Labute approximate surface area is 222 Å². The lowest BCUT2D eigenvalue weighted by molar-refractivity contribution is -0.0522. The Morgan fingerprint density at radius 2 is 1.56 bits per heavy atom. The van der Waals surface area contributed by atoms with E-state index < -0.39 is 20.7 Å². The smallest absolute Gasteiger partial charge is 0.192 e. The van der Waals surface area contributed by atoms with Crippen LogP contribution >= 0.6 is 0 Å². The fourth-order valence-electron chi connectivity index (χ4n) is 4.20. The second kappa shape index (κ2) is 15.9. The van der Waals surface area contributed by atoms with E-state index in [1.54, 1.807) is 0 Å². The van der Waals surface area contributed by atoms with Gasteiger partial charge in [-0.2, -0.15) is 0 Å². The fourth-order valence-corrected chi connectivity index (χ4v) is 5.56. The summed E-state index contributed by atoms with van der Waals surface area (Å²) < 4.78 is 18.4. The molecule has 2 rings (SSSR count). The lowest BCUT2D eigenvalue weighted by atomic mass is 10.0. The van der Waals surface area contributed by atoms with E-state index in [1.165, 1.54) is 57.8 Å². The Bertz CT molecular complexity index is 777. The average Bonchev–Trinajstić information content (AvgIpc) is 3.32. The van der Waals surface area contributed by atoms with Gasteiger partial charge in [0.05, 0.1) is 12.7 Å². The van der Waals surface area contributed by atoms with Crippen molar-refractivity contribution in [2.24, 2.45) is 0 Å². The number of aliphatic hydroxyl groups excluding tert-OH is 1. The zero-order valence-electron chi connectivity index (χ0n) is 23.9. The maximum Gasteiger partial charge on any atom is 0.192 e. The number of aliphatic hydroxyl groups is 1. The maximum atomic E-state index is 11.1. The van der Waals surface area contributed by atoms with Gasteiger partial charge in [0.2, 0.25) is 0 Å². The molecule has 1 unspecified atom stereocenters. The summed E-state index contributed by atoms with van der Waals surface area (Å²) >= 11 is 0. The van der Waals surface area contributed by atoms with Crippen molar-refractivity contribution in [3.63, 3.8) is 0 Å². The number of unbranched alkanes of at least 4 members (excludes halogenated alkanes) is 9. The topological polar surface area (TPSA) is 47.9 Å². The highest BCUT2D eigenvalue weighted by atomic mass is 28.4. The van der Waals surface area contributed by atoms with Crippen LogP contribution in [0.2, 0.25) is 18.1 Å². The van der Waals surface area contributed by atoms with Crippen molar-refractivity contribution in [1.29, 1.82) is 0 Å². The van der Waals surface area contributed by atoms with Crippen molar-refractivity contribution in [2.75, 3.05) is 6.61 Å². The van der Waals surface area contributed by atoms with Gasteiger partial charge in [-0.15, -0.1) is 0 Å². The second-order valence-electron chi connectivity index (χ2n) is 11.8. The Kier molecular flexibility index (Phi) is 13.8. The molecule has 0 aromatic heterocycles. The van der Waals surface area contributed by atoms with Crippen LogP contribution in [-0.2, 0) is 13.9 Å². The summed E-state index contributed by atoms with van der Waals surface area (Å²) in [5.41, 5.74) is 0.988. The van der Waals surface area contributed by atoms with E-state index in [4.69, 9.17) is 13.9 Å². The number of benzene rings is 1. The van der Waals surface area contributed by atoms with E-state index in [9.17, 15) is 5.11 Å². The van der Waals surface area contributed by atoms with E-state index in [1.807, 2.05) is 30.3 Å². The van der Waals surface area contributed by atoms with Gasteiger partial charge in [-0.25, -0.2) is 0 Å². The largest absolute Gasteiger partial charge is 0.410 e. The minimum Gasteiger partial charge on any atom is -0.410 e. The molecule has 1 aromatic carbocycles. The van der Waals surface area contributed by atoms with Gasteiger partial charge in [0, 0.05) is 5.56 Å². The first kappa shape index (κ1) is 31.1. The molecule has 1 aromatic rings. The summed E-state index contributed by atoms with van der Waals surface area (Å²) in [4.78, 5) is 0. The zero-order valence-corrected chi connectivity index (χ0v) is 24.9. The lowest BCUT2D eigenvalue weighted by Crippen LogP contribution is -2.47. The first-order chi connectivity index (χ1) is 17.1. The standard InChI is InChI=1S/C31H52O4Si/c1-7-8-9-10-11-12-13-14-15-19-22-29(35-36(5,6)31(2,3)4)28(32)24-23-27-25-33-30(34-27)26-20-17-16-18-21-26/h16-18,20-21,27-30,32H,7-15,19,22,25H2,1-6H3/t27-,28-,29+,30?/m0/s1.